The zero-order valence-corrected chi connectivity index (χ0v) is 14.3. The van der Waals surface area contributed by atoms with E-state index < -0.39 is 17.9 Å². The van der Waals surface area contributed by atoms with Crippen molar-refractivity contribution in [3.63, 3.8) is 0 Å². The highest BCUT2D eigenvalue weighted by Crippen LogP contribution is 2.25. The molecule has 0 amide bonds. The molecular formula is C20H23FO4. The van der Waals surface area contributed by atoms with E-state index in [0.29, 0.717) is 31.6 Å². The second kappa shape index (κ2) is 9.79. The van der Waals surface area contributed by atoms with Crippen molar-refractivity contribution in [1.29, 1.82) is 0 Å². The number of para-hydroxylation sites is 1. The molecule has 0 saturated heterocycles. The third-order valence-electron chi connectivity index (χ3n) is 3.79. The molecule has 4 nitrogen and oxygen atoms in total. The zero-order valence-electron chi connectivity index (χ0n) is 14.3. The lowest BCUT2D eigenvalue weighted by molar-refractivity contribution is -0.150. The highest BCUT2D eigenvalue weighted by Gasteiger charge is 2.16. The summed E-state index contributed by atoms with van der Waals surface area (Å²) in [6.45, 7) is 2.16. The molecule has 1 N–H and O–H groups in total. The van der Waals surface area contributed by atoms with Gasteiger partial charge in [0.25, 0.3) is 0 Å². The Balaban J connectivity index is 1.83. The quantitative estimate of drug-likeness (QED) is 0.627. The lowest BCUT2D eigenvalue weighted by Gasteiger charge is -2.12. The second-order valence-corrected chi connectivity index (χ2v) is 5.71. The molecule has 2 aromatic rings. The maximum absolute atomic E-state index is 14.2. The first-order chi connectivity index (χ1) is 12.1. The van der Waals surface area contributed by atoms with Crippen molar-refractivity contribution in [2.24, 2.45) is 0 Å². The molecule has 1 atom stereocenters. The number of hydrogen-bond donors (Lipinski definition) is 1. The molecule has 0 heterocycles. The molecular weight excluding hydrogens is 323 g/mol. The number of hydrogen-bond acceptors (Lipinski definition) is 3. The van der Waals surface area contributed by atoms with E-state index in [-0.39, 0.29) is 5.75 Å². The number of carboxylic acid groups (broad SMARTS) is 1. The maximum Gasteiger partial charge on any atom is 0.332 e. The molecule has 0 aliphatic heterocycles. The first-order valence-electron chi connectivity index (χ1n) is 8.46. The van der Waals surface area contributed by atoms with E-state index in [9.17, 15) is 9.18 Å². The number of carboxylic acids is 1. The number of benzene rings is 2. The van der Waals surface area contributed by atoms with Crippen LogP contribution in [0, 0.1) is 5.82 Å². The number of aliphatic carboxylic acids is 1. The van der Waals surface area contributed by atoms with Crippen molar-refractivity contribution in [2.75, 3.05) is 6.61 Å². The first-order valence-corrected chi connectivity index (χ1v) is 8.46. The summed E-state index contributed by atoms with van der Waals surface area (Å²) in [5.74, 6) is -0.559. The van der Waals surface area contributed by atoms with Gasteiger partial charge in [0.05, 0.1) is 0 Å². The smallest absolute Gasteiger partial charge is 0.332 e. The topological polar surface area (TPSA) is 55.8 Å². The van der Waals surface area contributed by atoms with Crippen molar-refractivity contribution in [1.82, 2.24) is 0 Å². The molecule has 25 heavy (non-hydrogen) atoms. The van der Waals surface area contributed by atoms with E-state index in [0.717, 1.165) is 12.0 Å². The van der Waals surface area contributed by atoms with Gasteiger partial charge in [-0.1, -0.05) is 24.3 Å². The molecule has 2 aromatic carbocycles. The minimum Gasteiger partial charge on any atom is -0.479 e. The first kappa shape index (κ1) is 18.9. The van der Waals surface area contributed by atoms with Gasteiger partial charge >= 0.3 is 5.97 Å². The summed E-state index contributed by atoms with van der Waals surface area (Å²) in [5, 5.41) is 9.02. The molecule has 0 radical (unpaired) electrons. The SMILES string of the molecule is CCOC(CCCCc1ccc(Oc2ccccc2)c(F)c1)C(=O)O. The lowest BCUT2D eigenvalue weighted by atomic mass is 10.0. The Kier molecular flexibility index (Phi) is 7.41. The molecule has 134 valence electrons. The Labute approximate surface area is 147 Å². The van der Waals surface area contributed by atoms with Crippen molar-refractivity contribution in [2.45, 2.75) is 38.7 Å². The van der Waals surface area contributed by atoms with Crippen LogP contribution in [0.5, 0.6) is 11.5 Å². The van der Waals surface area contributed by atoms with E-state index in [1.807, 2.05) is 24.3 Å². The van der Waals surface area contributed by atoms with Crippen LogP contribution < -0.4 is 4.74 Å². The molecule has 0 aliphatic carbocycles. The zero-order chi connectivity index (χ0) is 18.1. The van der Waals surface area contributed by atoms with Crippen molar-refractivity contribution in [3.05, 3.63) is 59.9 Å². The fourth-order valence-corrected chi connectivity index (χ4v) is 2.54. The number of aryl methyl sites for hydroxylation is 1. The van der Waals surface area contributed by atoms with Crippen LogP contribution in [0.4, 0.5) is 4.39 Å². The molecule has 0 bridgehead atoms. The molecule has 0 spiro atoms. The van der Waals surface area contributed by atoms with Crippen LogP contribution in [0.2, 0.25) is 0 Å². The standard InChI is InChI=1S/C20H23FO4/c1-2-24-19(20(22)23)11-7-6-8-15-12-13-18(17(21)14-15)25-16-9-4-3-5-10-16/h3-5,9-10,12-14,19H,2,6-8,11H2,1H3,(H,22,23). The van der Waals surface area contributed by atoms with Gasteiger partial charge < -0.3 is 14.6 Å². The van der Waals surface area contributed by atoms with E-state index in [1.54, 1.807) is 25.1 Å². The number of carbonyl (C=O) groups is 1. The maximum atomic E-state index is 14.2. The molecule has 2 rings (SSSR count). The number of unbranched alkanes of at least 4 members (excludes halogenated alkanes) is 1. The second-order valence-electron chi connectivity index (χ2n) is 5.71. The highest BCUT2D eigenvalue weighted by atomic mass is 19.1. The molecule has 0 saturated carbocycles. The minimum absolute atomic E-state index is 0.192. The molecule has 1 unspecified atom stereocenters. The Hall–Kier alpha value is -2.40. The third-order valence-corrected chi connectivity index (χ3v) is 3.79. The molecule has 5 heteroatoms. The van der Waals surface area contributed by atoms with Gasteiger partial charge in [0.15, 0.2) is 17.7 Å². The van der Waals surface area contributed by atoms with Gasteiger partial charge in [-0.3, -0.25) is 0 Å². The summed E-state index contributed by atoms with van der Waals surface area (Å²) in [4.78, 5) is 11.0. The fourth-order valence-electron chi connectivity index (χ4n) is 2.54. The summed E-state index contributed by atoms with van der Waals surface area (Å²) in [6.07, 6.45) is 1.86. The van der Waals surface area contributed by atoms with E-state index in [4.69, 9.17) is 14.6 Å². The van der Waals surface area contributed by atoms with Crippen LogP contribution in [0.1, 0.15) is 31.7 Å². The van der Waals surface area contributed by atoms with E-state index in [2.05, 4.69) is 0 Å². The monoisotopic (exact) mass is 346 g/mol. The van der Waals surface area contributed by atoms with Crippen LogP contribution in [0.15, 0.2) is 48.5 Å². The average Bonchev–Trinajstić information content (AvgIpc) is 2.60. The van der Waals surface area contributed by atoms with Gasteiger partial charge in [0.2, 0.25) is 0 Å². The Bertz CT molecular complexity index is 673. The largest absolute Gasteiger partial charge is 0.479 e. The van der Waals surface area contributed by atoms with E-state index >= 15 is 0 Å². The van der Waals surface area contributed by atoms with E-state index in [1.165, 1.54) is 6.07 Å². The average molecular weight is 346 g/mol. The fraction of sp³-hybridized carbons (Fsp3) is 0.350. The minimum atomic E-state index is -0.935. The Morgan fingerprint density at radius 1 is 1.16 bits per heavy atom. The van der Waals surface area contributed by atoms with Gasteiger partial charge in [0, 0.05) is 6.61 Å². The number of ether oxygens (including phenoxy) is 2. The summed E-state index contributed by atoms with van der Waals surface area (Å²) in [6, 6.07) is 14.0. The van der Waals surface area contributed by atoms with Gasteiger partial charge in [-0.15, -0.1) is 0 Å². The summed E-state index contributed by atoms with van der Waals surface area (Å²) >= 11 is 0. The lowest BCUT2D eigenvalue weighted by Crippen LogP contribution is -2.23. The van der Waals surface area contributed by atoms with Crippen LogP contribution in [-0.2, 0) is 16.0 Å². The van der Waals surface area contributed by atoms with Gasteiger partial charge in [-0.05, 0) is 62.4 Å². The van der Waals surface area contributed by atoms with Gasteiger partial charge in [-0.25, -0.2) is 9.18 Å². The van der Waals surface area contributed by atoms with Crippen LogP contribution in [-0.4, -0.2) is 23.8 Å². The number of rotatable bonds is 10. The van der Waals surface area contributed by atoms with Gasteiger partial charge in [-0.2, -0.15) is 0 Å². The molecule has 0 aliphatic rings. The highest BCUT2D eigenvalue weighted by molar-refractivity contribution is 5.72. The number of halogens is 1. The van der Waals surface area contributed by atoms with Crippen LogP contribution in [0.25, 0.3) is 0 Å². The molecule has 0 aromatic heterocycles. The predicted molar refractivity (Wildman–Crippen MR) is 93.5 cm³/mol. The van der Waals surface area contributed by atoms with Crippen molar-refractivity contribution in [3.8, 4) is 11.5 Å². The molecule has 0 fully saturated rings. The third kappa shape index (κ3) is 6.19. The summed E-state index contributed by atoms with van der Waals surface area (Å²) < 4.78 is 24.8. The summed E-state index contributed by atoms with van der Waals surface area (Å²) in [7, 11) is 0. The normalized spacial score (nSPS) is 11.9. The van der Waals surface area contributed by atoms with Crippen LogP contribution >= 0.6 is 0 Å². The summed E-state index contributed by atoms with van der Waals surface area (Å²) in [5.41, 5.74) is 0.862. The Morgan fingerprint density at radius 2 is 1.92 bits per heavy atom. The van der Waals surface area contributed by atoms with Gasteiger partial charge in [0.1, 0.15) is 5.75 Å². The van der Waals surface area contributed by atoms with Crippen molar-refractivity contribution < 1.29 is 23.8 Å². The van der Waals surface area contributed by atoms with Crippen molar-refractivity contribution >= 4 is 5.97 Å². The Morgan fingerprint density at radius 3 is 2.56 bits per heavy atom. The van der Waals surface area contributed by atoms with Crippen LogP contribution in [0.3, 0.4) is 0 Å². The predicted octanol–water partition coefficient (Wildman–Crippen LogP) is 4.82.